The van der Waals surface area contributed by atoms with E-state index < -0.39 is 0 Å². The summed E-state index contributed by atoms with van der Waals surface area (Å²) < 4.78 is 13.5. The largest absolute Gasteiger partial charge is 0.368 e. The van der Waals surface area contributed by atoms with Crippen molar-refractivity contribution >= 4 is 23.4 Å². The minimum atomic E-state index is -0.241. The van der Waals surface area contributed by atoms with Gasteiger partial charge in [-0.3, -0.25) is 4.90 Å². The fourth-order valence-corrected chi connectivity index (χ4v) is 4.40. The number of rotatable bonds is 8. The second kappa shape index (κ2) is 11.2. The SMILES string of the molecule is CNC[C@@H]1CCN(c2ccc(NC(=O)N3C=C(C)C=CC3)c(NCCc3cccc(F)c3)n2)C1. The Kier molecular flexibility index (Phi) is 7.80. The predicted molar refractivity (Wildman–Crippen MR) is 136 cm³/mol. The van der Waals surface area contributed by atoms with Crippen LogP contribution in [0.2, 0.25) is 0 Å². The molecule has 1 fully saturated rings. The van der Waals surface area contributed by atoms with Gasteiger partial charge in [-0.2, -0.15) is 0 Å². The van der Waals surface area contributed by atoms with Crippen molar-refractivity contribution in [1.82, 2.24) is 15.2 Å². The molecule has 4 rings (SSSR count). The first-order valence-electron chi connectivity index (χ1n) is 11.8. The van der Waals surface area contributed by atoms with Gasteiger partial charge >= 0.3 is 6.03 Å². The lowest BCUT2D eigenvalue weighted by Gasteiger charge is -2.23. The lowest BCUT2D eigenvalue weighted by molar-refractivity contribution is 0.231. The zero-order valence-corrected chi connectivity index (χ0v) is 19.9. The van der Waals surface area contributed by atoms with Gasteiger partial charge in [-0.15, -0.1) is 0 Å². The molecule has 1 saturated heterocycles. The summed E-state index contributed by atoms with van der Waals surface area (Å²) in [7, 11) is 1.98. The van der Waals surface area contributed by atoms with Gasteiger partial charge in [0, 0.05) is 32.4 Å². The van der Waals surface area contributed by atoms with Crippen LogP contribution in [0.4, 0.5) is 26.5 Å². The van der Waals surface area contributed by atoms with E-state index >= 15 is 0 Å². The molecule has 2 aliphatic rings. The molecule has 3 heterocycles. The summed E-state index contributed by atoms with van der Waals surface area (Å²) in [5, 5.41) is 9.62. The van der Waals surface area contributed by atoms with Gasteiger partial charge in [-0.05, 0) is 74.7 Å². The van der Waals surface area contributed by atoms with Crippen molar-refractivity contribution in [3.8, 4) is 0 Å². The number of nitrogens with zero attached hydrogens (tertiary/aromatic N) is 3. The second-order valence-corrected chi connectivity index (χ2v) is 8.89. The zero-order valence-electron chi connectivity index (χ0n) is 19.9. The number of pyridine rings is 1. The van der Waals surface area contributed by atoms with E-state index in [9.17, 15) is 9.18 Å². The van der Waals surface area contributed by atoms with Crippen molar-refractivity contribution in [3.05, 3.63) is 71.7 Å². The fraction of sp³-hybridized carbons (Fsp3) is 0.385. The maximum Gasteiger partial charge on any atom is 0.326 e. The number of urea groups is 1. The average Bonchev–Trinajstić information content (AvgIpc) is 3.29. The molecule has 0 saturated carbocycles. The first-order valence-corrected chi connectivity index (χ1v) is 11.8. The Morgan fingerprint density at radius 2 is 2.15 bits per heavy atom. The van der Waals surface area contributed by atoms with Gasteiger partial charge in [0.05, 0.1) is 5.69 Å². The molecular weight excluding hydrogens is 431 g/mol. The number of anilines is 3. The molecule has 1 aromatic carbocycles. The monoisotopic (exact) mass is 464 g/mol. The Balaban J connectivity index is 1.49. The Morgan fingerprint density at radius 3 is 2.94 bits per heavy atom. The standard InChI is InChI=1S/C26H33FN6O/c1-19-5-4-13-33(17-19)26(34)30-23-8-9-24(32-14-11-21(18-32)16-28-2)31-25(23)29-12-10-20-6-3-7-22(27)15-20/h3-9,15,17,21,28H,10-14,16,18H2,1-2H3,(H,29,31)(H,30,34)/t21-/m0/s1. The molecule has 8 heteroatoms. The number of hydrogen-bond donors (Lipinski definition) is 3. The van der Waals surface area contributed by atoms with Crippen LogP contribution in [0.15, 0.2) is 60.3 Å². The Bertz CT molecular complexity index is 1070. The Morgan fingerprint density at radius 1 is 1.26 bits per heavy atom. The number of carbonyl (C=O) groups is 1. The molecule has 1 atom stereocenters. The third kappa shape index (κ3) is 6.14. The van der Waals surface area contributed by atoms with Gasteiger partial charge in [0.25, 0.3) is 0 Å². The maximum atomic E-state index is 13.5. The number of halogens is 1. The number of allylic oxidation sites excluding steroid dienone is 2. The van der Waals surface area contributed by atoms with Gasteiger partial charge in [-0.25, -0.2) is 14.2 Å². The molecular formula is C26H33FN6O. The highest BCUT2D eigenvalue weighted by molar-refractivity contribution is 5.93. The number of benzene rings is 1. The predicted octanol–water partition coefficient (Wildman–Crippen LogP) is 4.23. The highest BCUT2D eigenvalue weighted by atomic mass is 19.1. The van der Waals surface area contributed by atoms with Gasteiger partial charge < -0.3 is 20.9 Å². The van der Waals surface area contributed by atoms with Crippen LogP contribution in [-0.4, -0.2) is 55.7 Å². The van der Waals surface area contributed by atoms with Crippen molar-refractivity contribution < 1.29 is 9.18 Å². The highest BCUT2D eigenvalue weighted by Crippen LogP contribution is 2.28. The van der Waals surface area contributed by atoms with Crippen LogP contribution in [-0.2, 0) is 6.42 Å². The number of amides is 2. The van der Waals surface area contributed by atoms with Crippen LogP contribution >= 0.6 is 0 Å². The summed E-state index contributed by atoms with van der Waals surface area (Å²) in [6.07, 6.45) is 7.56. The summed E-state index contributed by atoms with van der Waals surface area (Å²) in [6, 6.07) is 10.3. The van der Waals surface area contributed by atoms with Crippen molar-refractivity contribution in [2.24, 2.45) is 5.92 Å². The van der Waals surface area contributed by atoms with E-state index in [1.807, 2.05) is 50.5 Å². The summed E-state index contributed by atoms with van der Waals surface area (Å²) in [5.41, 5.74) is 2.55. The van der Waals surface area contributed by atoms with E-state index in [0.29, 0.717) is 36.9 Å². The Labute approximate surface area is 200 Å². The molecule has 2 amide bonds. The Hall–Kier alpha value is -3.39. The first kappa shape index (κ1) is 23.8. The third-order valence-corrected chi connectivity index (χ3v) is 6.12. The summed E-state index contributed by atoms with van der Waals surface area (Å²) in [5.74, 6) is 1.86. The molecule has 0 bridgehead atoms. The zero-order chi connectivity index (χ0) is 23.9. The molecule has 1 aromatic heterocycles. The average molecular weight is 465 g/mol. The van der Waals surface area contributed by atoms with E-state index in [1.54, 1.807) is 17.0 Å². The first-order chi connectivity index (χ1) is 16.5. The molecule has 0 unspecified atom stereocenters. The highest BCUT2D eigenvalue weighted by Gasteiger charge is 2.24. The van der Waals surface area contributed by atoms with E-state index in [2.05, 4.69) is 20.9 Å². The quantitative estimate of drug-likeness (QED) is 0.545. The minimum Gasteiger partial charge on any atom is -0.368 e. The van der Waals surface area contributed by atoms with Crippen LogP contribution in [0.3, 0.4) is 0 Å². The van der Waals surface area contributed by atoms with Crippen LogP contribution < -0.4 is 20.9 Å². The van der Waals surface area contributed by atoms with Gasteiger partial charge in [0.1, 0.15) is 11.6 Å². The van der Waals surface area contributed by atoms with Gasteiger partial charge in [0.15, 0.2) is 5.82 Å². The number of carbonyl (C=O) groups excluding carboxylic acids is 1. The molecule has 0 spiro atoms. The van der Waals surface area contributed by atoms with Crippen molar-refractivity contribution in [2.45, 2.75) is 19.8 Å². The molecule has 2 aliphatic heterocycles. The van der Waals surface area contributed by atoms with E-state index in [-0.39, 0.29) is 11.8 Å². The summed E-state index contributed by atoms with van der Waals surface area (Å²) in [4.78, 5) is 21.7. The maximum absolute atomic E-state index is 13.5. The molecule has 0 radical (unpaired) electrons. The van der Waals surface area contributed by atoms with Crippen molar-refractivity contribution in [2.75, 3.05) is 55.3 Å². The van der Waals surface area contributed by atoms with Gasteiger partial charge in [0.2, 0.25) is 0 Å². The third-order valence-electron chi connectivity index (χ3n) is 6.12. The summed E-state index contributed by atoms with van der Waals surface area (Å²) >= 11 is 0. The van der Waals surface area contributed by atoms with E-state index in [1.165, 1.54) is 6.07 Å². The van der Waals surface area contributed by atoms with Crippen molar-refractivity contribution in [1.29, 1.82) is 0 Å². The number of aromatic nitrogens is 1. The molecule has 7 nitrogen and oxygen atoms in total. The fourth-order valence-electron chi connectivity index (χ4n) is 4.40. The van der Waals surface area contributed by atoms with Crippen molar-refractivity contribution in [3.63, 3.8) is 0 Å². The molecule has 3 N–H and O–H groups in total. The lowest BCUT2D eigenvalue weighted by atomic mass is 10.1. The number of hydrogen-bond acceptors (Lipinski definition) is 5. The second-order valence-electron chi connectivity index (χ2n) is 8.89. The molecule has 0 aliphatic carbocycles. The molecule has 34 heavy (non-hydrogen) atoms. The van der Waals surface area contributed by atoms with Crippen LogP contribution in [0.5, 0.6) is 0 Å². The van der Waals surface area contributed by atoms with Gasteiger partial charge in [-0.1, -0.05) is 24.3 Å². The summed E-state index contributed by atoms with van der Waals surface area (Å²) in [6.45, 7) is 5.95. The van der Waals surface area contributed by atoms with Crippen LogP contribution in [0.25, 0.3) is 0 Å². The smallest absolute Gasteiger partial charge is 0.326 e. The van der Waals surface area contributed by atoms with Crippen LogP contribution in [0, 0.1) is 11.7 Å². The van der Waals surface area contributed by atoms with Crippen LogP contribution in [0.1, 0.15) is 18.9 Å². The van der Waals surface area contributed by atoms with E-state index in [0.717, 1.165) is 43.0 Å². The number of nitrogens with one attached hydrogen (secondary N) is 3. The molecule has 2 aromatic rings. The van der Waals surface area contributed by atoms with E-state index in [4.69, 9.17) is 4.98 Å². The normalized spacial score (nSPS) is 17.6. The molecule has 180 valence electrons. The minimum absolute atomic E-state index is 0.207. The lowest BCUT2D eigenvalue weighted by Crippen LogP contribution is -2.32. The topological polar surface area (TPSA) is 72.5 Å².